The van der Waals surface area contributed by atoms with Gasteiger partial charge in [-0.1, -0.05) is 30.3 Å². The van der Waals surface area contributed by atoms with E-state index in [1.54, 1.807) is 24.4 Å². The van der Waals surface area contributed by atoms with Gasteiger partial charge in [0.05, 0.1) is 24.3 Å². The molecule has 0 saturated carbocycles. The number of amides is 1. The van der Waals surface area contributed by atoms with Gasteiger partial charge in [0, 0.05) is 17.3 Å². The average molecular weight is 432 g/mol. The quantitative estimate of drug-likeness (QED) is 0.426. The zero-order valence-electron chi connectivity index (χ0n) is 17.4. The Labute approximate surface area is 184 Å². The minimum Gasteiger partial charge on any atom is -0.493 e. The lowest BCUT2D eigenvalue weighted by atomic mass is 10.0. The molecule has 2 heterocycles. The molecule has 7 nitrogen and oxygen atoms in total. The Kier molecular flexibility index (Phi) is 6.50. The molecule has 4 rings (SSSR count). The molecule has 2 aromatic heterocycles. The number of hydrogen-bond donors (Lipinski definition) is 1. The summed E-state index contributed by atoms with van der Waals surface area (Å²) in [6.45, 7) is 2.59. The number of rotatable bonds is 8. The molecule has 1 N–H and O–H groups in total. The van der Waals surface area contributed by atoms with Gasteiger partial charge in [-0.15, -0.1) is 0 Å². The lowest BCUT2D eigenvalue weighted by Gasteiger charge is -2.10. The highest BCUT2D eigenvalue weighted by Crippen LogP contribution is 2.36. The van der Waals surface area contributed by atoms with Gasteiger partial charge in [-0.25, -0.2) is 14.4 Å². The lowest BCUT2D eigenvalue weighted by molar-refractivity contribution is -0.115. The molecule has 0 aliphatic rings. The molecule has 0 saturated heterocycles. The number of nitrogens with one attached hydrogen (secondary N) is 1. The maximum Gasteiger partial charge on any atom is 0.241 e. The van der Waals surface area contributed by atoms with Crippen molar-refractivity contribution in [3.8, 4) is 28.3 Å². The van der Waals surface area contributed by atoms with E-state index in [9.17, 15) is 9.18 Å². The lowest BCUT2D eigenvalue weighted by Crippen LogP contribution is -2.15. The Bertz CT molecular complexity index is 1190. The highest BCUT2D eigenvalue weighted by Gasteiger charge is 2.22. The summed E-state index contributed by atoms with van der Waals surface area (Å²) >= 11 is 0. The van der Waals surface area contributed by atoms with Crippen molar-refractivity contribution in [1.29, 1.82) is 0 Å². The van der Waals surface area contributed by atoms with E-state index < -0.39 is 0 Å². The number of anilines is 1. The highest BCUT2D eigenvalue weighted by atomic mass is 19.1. The molecule has 1 amide bonds. The van der Waals surface area contributed by atoms with Crippen LogP contribution in [0.15, 0.2) is 71.6 Å². The van der Waals surface area contributed by atoms with Gasteiger partial charge < -0.3 is 9.26 Å². The van der Waals surface area contributed by atoms with Gasteiger partial charge in [0.15, 0.2) is 0 Å². The summed E-state index contributed by atoms with van der Waals surface area (Å²) < 4.78 is 24.6. The standard InChI is InChI=1S/C24H21FN4O3/c1-2-13-31-20-6-4-3-5-17(20)14-21(30)28-24-22(19-11-12-26-15-27-19)23(29-32-24)16-7-9-18(25)10-8-16/h3-12,15H,2,13-14H2,1H3,(H,28,30). The number of aromatic nitrogens is 3. The fourth-order valence-corrected chi connectivity index (χ4v) is 3.20. The molecule has 8 heteroatoms. The van der Waals surface area contributed by atoms with Crippen molar-refractivity contribution in [3.05, 3.63) is 78.5 Å². The number of hydrogen-bond acceptors (Lipinski definition) is 6. The van der Waals surface area contributed by atoms with Crippen LogP contribution < -0.4 is 10.1 Å². The third kappa shape index (κ3) is 4.80. The first-order valence-electron chi connectivity index (χ1n) is 10.2. The number of carbonyl (C=O) groups excluding carboxylic acids is 1. The zero-order valence-corrected chi connectivity index (χ0v) is 17.4. The van der Waals surface area contributed by atoms with Crippen LogP contribution in [0, 0.1) is 5.82 Å². The Hall–Kier alpha value is -4.07. The van der Waals surface area contributed by atoms with Crippen LogP contribution in [0.1, 0.15) is 18.9 Å². The first kappa shape index (κ1) is 21.2. The van der Waals surface area contributed by atoms with Gasteiger partial charge in [-0.05, 0) is 42.8 Å². The van der Waals surface area contributed by atoms with Crippen molar-refractivity contribution in [2.24, 2.45) is 0 Å². The maximum absolute atomic E-state index is 13.4. The molecule has 0 aliphatic heterocycles. The van der Waals surface area contributed by atoms with E-state index >= 15 is 0 Å². The van der Waals surface area contributed by atoms with Crippen LogP contribution in [0.2, 0.25) is 0 Å². The molecule has 0 bridgehead atoms. The summed E-state index contributed by atoms with van der Waals surface area (Å²) in [5.74, 6) is 0.165. The molecule has 0 aliphatic carbocycles. The van der Waals surface area contributed by atoms with Crippen LogP contribution in [0.5, 0.6) is 5.75 Å². The van der Waals surface area contributed by atoms with Crippen LogP contribution in [-0.4, -0.2) is 27.6 Å². The van der Waals surface area contributed by atoms with Gasteiger partial charge in [0.1, 0.15) is 23.6 Å². The van der Waals surface area contributed by atoms with Crippen molar-refractivity contribution < 1.29 is 18.4 Å². The molecular formula is C24H21FN4O3. The predicted octanol–water partition coefficient (Wildman–Crippen LogP) is 4.91. The summed E-state index contributed by atoms with van der Waals surface area (Å²) in [4.78, 5) is 21.1. The normalized spacial score (nSPS) is 10.7. The smallest absolute Gasteiger partial charge is 0.241 e. The molecule has 0 radical (unpaired) electrons. The van der Waals surface area contributed by atoms with Crippen LogP contribution in [0.4, 0.5) is 10.3 Å². The minimum absolute atomic E-state index is 0.0929. The SMILES string of the molecule is CCCOc1ccccc1CC(=O)Nc1onc(-c2ccc(F)cc2)c1-c1ccncn1. The molecule has 162 valence electrons. The molecule has 0 spiro atoms. The number of nitrogens with zero attached hydrogens (tertiary/aromatic N) is 3. The van der Waals surface area contributed by atoms with Gasteiger partial charge in [0.2, 0.25) is 11.8 Å². The van der Waals surface area contributed by atoms with Gasteiger partial charge in [-0.3, -0.25) is 10.1 Å². The molecule has 0 fully saturated rings. The van der Waals surface area contributed by atoms with Gasteiger partial charge in [0.25, 0.3) is 0 Å². The van der Waals surface area contributed by atoms with Crippen molar-refractivity contribution in [1.82, 2.24) is 15.1 Å². The van der Waals surface area contributed by atoms with Crippen LogP contribution in [0.3, 0.4) is 0 Å². The number of benzene rings is 2. The molecule has 2 aromatic carbocycles. The first-order valence-corrected chi connectivity index (χ1v) is 10.2. The van der Waals surface area contributed by atoms with E-state index in [0.717, 1.165) is 12.0 Å². The van der Waals surface area contributed by atoms with E-state index in [-0.39, 0.29) is 24.0 Å². The monoisotopic (exact) mass is 432 g/mol. The third-order valence-corrected chi connectivity index (χ3v) is 4.69. The molecule has 0 unspecified atom stereocenters. The summed E-state index contributed by atoms with van der Waals surface area (Å²) in [6.07, 6.45) is 3.93. The van der Waals surface area contributed by atoms with E-state index in [2.05, 4.69) is 20.4 Å². The Morgan fingerprint density at radius 1 is 1.12 bits per heavy atom. The van der Waals surface area contributed by atoms with Crippen molar-refractivity contribution >= 4 is 11.8 Å². The van der Waals surface area contributed by atoms with Crippen LogP contribution in [0.25, 0.3) is 22.5 Å². The summed E-state index contributed by atoms with van der Waals surface area (Å²) in [5.41, 5.74) is 2.83. The summed E-state index contributed by atoms with van der Waals surface area (Å²) in [5, 5.41) is 6.90. The number of halogens is 1. The van der Waals surface area contributed by atoms with E-state index in [1.807, 2.05) is 31.2 Å². The summed E-state index contributed by atoms with van der Waals surface area (Å²) in [6, 6.07) is 14.9. The Morgan fingerprint density at radius 2 is 1.94 bits per heavy atom. The zero-order chi connectivity index (χ0) is 22.3. The van der Waals surface area contributed by atoms with Gasteiger partial charge >= 0.3 is 0 Å². The Balaban J connectivity index is 1.63. The largest absolute Gasteiger partial charge is 0.493 e. The molecule has 0 atom stereocenters. The minimum atomic E-state index is -0.363. The summed E-state index contributed by atoms with van der Waals surface area (Å²) in [7, 11) is 0. The fourth-order valence-electron chi connectivity index (χ4n) is 3.20. The molecular weight excluding hydrogens is 411 g/mol. The van der Waals surface area contributed by atoms with E-state index in [1.165, 1.54) is 18.5 Å². The number of para-hydroxylation sites is 1. The van der Waals surface area contributed by atoms with Gasteiger partial charge in [-0.2, -0.15) is 0 Å². The van der Waals surface area contributed by atoms with Crippen LogP contribution in [-0.2, 0) is 11.2 Å². The second-order valence-electron chi connectivity index (χ2n) is 7.02. The number of ether oxygens (including phenoxy) is 1. The second-order valence-corrected chi connectivity index (χ2v) is 7.02. The Morgan fingerprint density at radius 3 is 2.69 bits per heavy atom. The maximum atomic E-state index is 13.4. The average Bonchev–Trinajstić information content (AvgIpc) is 3.22. The van der Waals surface area contributed by atoms with Crippen molar-refractivity contribution in [3.63, 3.8) is 0 Å². The van der Waals surface area contributed by atoms with E-state index in [4.69, 9.17) is 9.26 Å². The van der Waals surface area contributed by atoms with Crippen molar-refractivity contribution in [2.45, 2.75) is 19.8 Å². The number of carbonyl (C=O) groups is 1. The molecule has 4 aromatic rings. The van der Waals surface area contributed by atoms with Crippen molar-refractivity contribution in [2.75, 3.05) is 11.9 Å². The van der Waals surface area contributed by atoms with E-state index in [0.29, 0.717) is 34.9 Å². The first-order chi connectivity index (χ1) is 15.7. The fraction of sp³-hybridized carbons (Fsp3) is 0.167. The highest BCUT2D eigenvalue weighted by molar-refractivity contribution is 5.97. The molecule has 32 heavy (non-hydrogen) atoms. The topological polar surface area (TPSA) is 90.1 Å². The predicted molar refractivity (Wildman–Crippen MR) is 117 cm³/mol. The van der Waals surface area contributed by atoms with Crippen LogP contribution >= 0.6 is 0 Å². The third-order valence-electron chi connectivity index (χ3n) is 4.69. The second kappa shape index (κ2) is 9.82.